The van der Waals surface area contributed by atoms with E-state index in [0.29, 0.717) is 35.5 Å². The summed E-state index contributed by atoms with van der Waals surface area (Å²) in [5.41, 5.74) is 1.60. The molecular formula is C33H33N7O3. The van der Waals surface area contributed by atoms with Crippen LogP contribution < -0.4 is 15.8 Å². The van der Waals surface area contributed by atoms with E-state index in [1.54, 1.807) is 10.8 Å². The third-order valence-electron chi connectivity index (χ3n) is 7.55. The molecule has 0 spiro atoms. The van der Waals surface area contributed by atoms with Crippen LogP contribution in [0.4, 0.5) is 10.6 Å². The SMILES string of the molecule is CC(C)(C)OC(=O)NC1CCCN(c2c(C#N)c3ncn(Cc4nccc5ccccc45)c(=O)c3n2-c2ccccc2)C1. The molecule has 43 heavy (non-hydrogen) atoms. The normalized spacial score (nSPS) is 15.4. The molecule has 218 valence electrons. The lowest BCUT2D eigenvalue weighted by molar-refractivity contribution is 0.0500. The molecule has 1 aliphatic heterocycles. The summed E-state index contributed by atoms with van der Waals surface area (Å²) in [6.07, 6.45) is 4.32. The van der Waals surface area contributed by atoms with Crippen LogP contribution in [-0.4, -0.2) is 49.9 Å². The second-order valence-electron chi connectivity index (χ2n) is 11.8. The lowest BCUT2D eigenvalue weighted by Gasteiger charge is -2.35. The number of carbonyl (C=O) groups is 1. The summed E-state index contributed by atoms with van der Waals surface area (Å²) in [4.78, 5) is 38.1. The van der Waals surface area contributed by atoms with Gasteiger partial charge in [0.05, 0.1) is 18.6 Å². The van der Waals surface area contributed by atoms with Crippen molar-refractivity contribution in [1.29, 1.82) is 5.26 Å². The van der Waals surface area contributed by atoms with E-state index in [2.05, 4.69) is 26.3 Å². The van der Waals surface area contributed by atoms with Gasteiger partial charge in [0.15, 0.2) is 0 Å². The minimum absolute atomic E-state index is 0.195. The number of benzene rings is 2. The van der Waals surface area contributed by atoms with E-state index in [9.17, 15) is 14.9 Å². The quantitative estimate of drug-likeness (QED) is 0.308. The summed E-state index contributed by atoms with van der Waals surface area (Å²) in [6, 6.07) is 21.5. The van der Waals surface area contributed by atoms with Crippen molar-refractivity contribution >= 4 is 33.7 Å². The van der Waals surface area contributed by atoms with Crippen LogP contribution >= 0.6 is 0 Å². The minimum Gasteiger partial charge on any atom is -0.444 e. The van der Waals surface area contributed by atoms with Gasteiger partial charge in [-0.3, -0.25) is 18.9 Å². The standard InChI is InChI=1S/C33H33N7O3/c1-33(2,3)43-32(42)37-23-11-9-17-38(19-23)30-26(18-34)28-29(40(30)24-12-5-4-6-13-24)31(41)39(21-36-28)20-27-25-14-8-7-10-22(25)15-16-35-27/h4-8,10,12-16,21,23H,9,11,17,19-20H2,1-3H3,(H,37,42). The van der Waals surface area contributed by atoms with E-state index >= 15 is 0 Å². The van der Waals surface area contributed by atoms with E-state index in [0.717, 1.165) is 35.0 Å². The van der Waals surface area contributed by atoms with E-state index in [1.165, 1.54) is 6.33 Å². The third kappa shape index (κ3) is 5.54. The second kappa shape index (κ2) is 11.2. The Morgan fingerprint density at radius 1 is 1.09 bits per heavy atom. The number of fused-ring (bicyclic) bond motifs is 2. The number of hydrogen-bond donors (Lipinski definition) is 1. The smallest absolute Gasteiger partial charge is 0.407 e. The number of nitrogens with one attached hydrogen (secondary N) is 1. The molecule has 5 aromatic rings. The molecule has 0 radical (unpaired) electrons. The maximum absolute atomic E-state index is 14.2. The van der Waals surface area contributed by atoms with Crippen LogP contribution in [0.15, 0.2) is 78.0 Å². The zero-order chi connectivity index (χ0) is 30.1. The molecule has 1 atom stereocenters. The molecule has 1 saturated heterocycles. The van der Waals surface area contributed by atoms with Crippen LogP contribution in [-0.2, 0) is 11.3 Å². The Bertz CT molecular complexity index is 1910. The number of piperidine rings is 1. The van der Waals surface area contributed by atoms with Gasteiger partial charge >= 0.3 is 6.09 Å². The maximum atomic E-state index is 14.2. The molecule has 2 aromatic carbocycles. The first-order valence-electron chi connectivity index (χ1n) is 14.4. The van der Waals surface area contributed by atoms with Gasteiger partial charge in [-0.25, -0.2) is 9.78 Å². The average molecular weight is 576 g/mol. The lowest BCUT2D eigenvalue weighted by Crippen LogP contribution is -2.49. The molecule has 1 unspecified atom stereocenters. The van der Waals surface area contributed by atoms with Crippen molar-refractivity contribution in [2.45, 2.75) is 51.8 Å². The molecule has 1 amide bonds. The molecule has 0 saturated carbocycles. The second-order valence-corrected chi connectivity index (χ2v) is 11.8. The topological polar surface area (TPSA) is 118 Å². The Hall–Kier alpha value is -5.17. The summed E-state index contributed by atoms with van der Waals surface area (Å²) >= 11 is 0. The van der Waals surface area contributed by atoms with Gasteiger partial charge in [-0.15, -0.1) is 0 Å². The monoisotopic (exact) mass is 575 g/mol. The Morgan fingerprint density at radius 2 is 1.86 bits per heavy atom. The largest absolute Gasteiger partial charge is 0.444 e. The fourth-order valence-electron chi connectivity index (χ4n) is 5.76. The molecular weight excluding hydrogens is 542 g/mol. The summed E-state index contributed by atoms with van der Waals surface area (Å²) in [6.45, 7) is 6.81. The number of anilines is 1. The van der Waals surface area contributed by atoms with Crippen molar-refractivity contribution in [1.82, 2.24) is 24.4 Å². The highest BCUT2D eigenvalue weighted by Crippen LogP contribution is 2.34. The predicted molar refractivity (Wildman–Crippen MR) is 165 cm³/mol. The van der Waals surface area contributed by atoms with Crippen molar-refractivity contribution in [3.8, 4) is 11.8 Å². The Balaban J connectivity index is 1.46. The van der Waals surface area contributed by atoms with Crippen LogP contribution in [0.1, 0.15) is 44.9 Å². The van der Waals surface area contributed by atoms with Crippen LogP contribution in [0, 0.1) is 11.3 Å². The van der Waals surface area contributed by atoms with E-state index in [-0.39, 0.29) is 18.1 Å². The van der Waals surface area contributed by atoms with Crippen LogP contribution in [0.2, 0.25) is 0 Å². The van der Waals surface area contributed by atoms with Gasteiger partial charge in [-0.1, -0.05) is 42.5 Å². The number of ether oxygens (including phenoxy) is 1. The molecule has 10 nitrogen and oxygen atoms in total. The zero-order valence-corrected chi connectivity index (χ0v) is 24.4. The minimum atomic E-state index is -0.612. The third-order valence-corrected chi connectivity index (χ3v) is 7.55. The maximum Gasteiger partial charge on any atom is 0.407 e. The fourth-order valence-corrected chi connectivity index (χ4v) is 5.76. The molecule has 1 N–H and O–H groups in total. The molecule has 4 heterocycles. The first-order chi connectivity index (χ1) is 20.7. The molecule has 1 fully saturated rings. The molecule has 0 bridgehead atoms. The number of pyridine rings is 1. The molecule has 1 aliphatic rings. The van der Waals surface area contributed by atoms with Crippen molar-refractivity contribution in [3.05, 3.63) is 94.8 Å². The first-order valence-corrected chi connectivity index (χ1v) is 14.4. The van der Waals surface area contributed by atoms with Gasteiger partial charge in [0, 0.05) is 36.4 Å². The van der Waals surface area contributed by atoms with Gasteiger partial charge in [0.1, 0.15) is 34.1 Å². The number of hydrogen-bond acceptors (Lipinski definition) is 7. The fraction of sp³-hybridized carbons (Fsp3) is 0.303. The molecule has 10 heteroatoms. The van der Waals surface area contributed by atoms with Gasteiger partial charge in [-0.2, -0.15) is 5.26 Å². The number of nitriles is 1. The number of amides is 1. The summed E-state index contributed by atoms with van der Waals surface area (Å²) in [5, 5.41) is 15.4. The van der Waals surface area contributed by atoms with Crippen LogP contribution in [0.25, 0.3) is 27.5 Å². The number of aromatic nitrogens is 4. The lowest BCUT2D eigenvalue weighted by atomic mass is 10.1. The number of carbonyl (C=O) groups excluding carboxylic acids is 1. The van der Waals surface area contributed by atoms with Gasteiger partial charge in [0.2, 0.25) is 0 Å². The average Bonchev–Trinajstić information content (AvgIpc) is 3.33. The highest BCUT2D eigenvalue weighted by atomic mass is 16.6. The molecule has 0 aliphatic carbocycles. The highest BCUT2D eigenvalue weighted by Gasteiger charge is 2.31. The van der Waals surface area contributed by atoms with Crippen molar-refractivity contribution < 1.29 is 9.53 Å². The Kier molecular flexibility index (Phi) is 7.32. The molecule has 3 aromatic heterocycles. The summed E-state index contributed by atoms with van der Waals surface area (Å²) in [7, 11) is 0. The van der Waals surface area contributed by atoms with Gasteiger partial charge < -0.3 is 15.0 Å². The zero-order valence-electron chi connectivity index (χ0n) is 24.4. The van der Waals surface area contributed by atoms with Gasteiger partial charge in [0.25, 0.3) is 5.56 Å². The summed E-state index contributed by atoms with van der Waals surface area (Å²) < 4.78 is 8.87. The van der Waals surface area contributed by atoms with Gasteiger partial charge in [-0.05, 0) is 57.2 Å². The summed E-state index contributed by atoms with van der Waals surface area (Å²) in [5.74, 6) is 0.588. The Morgan fingerprint density at radius 3 is 2.63 bits per heavy atom. The van der Waals surface area contributed by atoms with Crippen molar-refractivity contribution in [2.75, 3.05) is 18.0 Å². The number of nitrogens with zero attached hydrogens (tertiary/aromatic N) is 6. The van der Waals surface area contributed by atoms with E-state index < -0.39 is 11.7 Å². The first kappa shape index (κ1) is 28.0. The number of alkyl carbamates (subject to hydrolysis) is 1. The number of para-hydroxylation sites is 1. The predicted octanol–water partition coefficient (Wildman–Crippen LogP) is 5.15. The van der Waals surface area contributed by atoms with Crippen molar-refractivity contribution in [2.24, 2.45) is 0 Å². The highest BCUT2D eigenvalue weighted by molar-refractivity contribution is 5.91. The van der Waals surface area contributed by atoms with Crippen LogP contribution in [0.5, 0.6) is 0 Å². The Labute approximate surface area is 249 Å². The van der Waals surface area contributed by atoms with E-state index in [4.69, 9.17) is 4.74 Å². The molecule has 6 rings (SSSR count). The van der Waals surface area contributed by atoms with Crippen LogP contribution in [0.3, 0.4) is 0 Å². The number of rotatable bonds is 5. The van der Waals surface area contributed by atoms with Crippen molar-refractivity contribution in [3.63, 3.8) is 0 Å². The van der Waals surface area contributed by atoms with E-state index in [1.807, 2.05) is 86.0 Å².